The number of aromatic nitrogens is 3. The first kappa shape index (κ1) is 31.0. The molecule has 3 rings (SSSR count). The van der Waals surface area contributed by atoms with Crippen LogP contribution in [0.25, 0.3) is 5.65 Å². The maximum Gasteiger partial charge on any atom is 0.313 e. The number of fused-ring (bicyclic) bond motifs is 1. The van der Waals surface area contributed by atoms with E-state index in [1.54, 1.807) is 0 Å². The number of nitrogens with two attached hydrogens (primary N) is 1. The van der Waals surface area contributed by atoms with E-state index in [2.05, 4.69) is 46.6 Å². The molecule has 0 amide bonds. The average Bonchev–Trinajstić information content (AvgIpc) is 2.78. The smallest absolute Gasteiger partial charge is 0.313 e. The maximum absolute atomic E-state index is 13.4. The largest absolute Gasteiger partial charge is 0.466 e. The topological polar surface area (TPSA) is 117 Å². The summed E-state index contributed by atoms with van der Waals surface area (Å²) in [4.78, 5) is 38.9. The first-order valence-corrected chi connectivity index (χ1v) is 11.0. The van der Waals surface area contributed by atoms with Crippen LogP contribution in [0.3, 0.4) is 0 Å². The fourth-order valence-electron chi connectivity index (χ4n) is 2.12. The molecule has 0 saturated carbocycles. The van der Waals surface area contributed by atoms with Crippen molar-refractivity contribution in [3.05, 3.63) is 67.2 Å². The number of nitrogens with zero attached hydrogens (tertiary/aromatic N) is 3. The second-order valence-electron chi connectivity index (χ2n) is 6.29. The summed E-state index contributed by atoms with van der Waals surface area (Å²) in [6, 6.07) is 3.00. The molecule has 0 aliphatic carbocycles. The fraction of sp³-hybridized carbons (Fsp3) is 0.250. The Bertz CT molecular complexity index is 1280. The van der Waals surface area contributed by atoms with E-state index in [0.29, 0.717) is 15.0 Å². The number of halogens is 8. The van der Waals surface area contributed by atoms with Gasteiger partial charge in [-0.1, -0.05) is 0 Å². The first-order chi connectivity index (χ1) is 16.8. The van der Waals surface area contributed by atoms with Gasteiger partial charge in [-0.05, 0) is 50.9 Å². The Hall–Kier alpha value is -3.01. The van der Waals surface area contributed by atoms with E-state index in [1.165, 1.54) is 25.4 Å². The molecule has 0 bridgehead atoms. The van der Waals surface area contributed by atoms with Crippen molar-refractivity contribution < 1.29 is 40.7 Å². The minimum atomic E-state index is -3.08. The molecule has 196 valence electrons. The molecule has 8 nitrogen and oxygen atoms in total. The quantitative estimate of drug-likeness (QED) is 0.238. The number of ketones is 1. The number of esters is 1. The van der Waals surface area contributed by atoms with Gasteiger partial charge in [-0.2, -0.15) is 0 Å². The van der Waals surface area contributed by atoms with Crippen molar-refractivity contribution in [2.45, 2.75) is 26.2 Å². The molecule has 0 saturated heterocycles. The van der Waals surface area contributed by atoms with Gasteiger partial charge >= 0.3 is 5.97 Å². The van der Waals surface area contributed by atoms with Crippen molar-refractivity contribution in [1.82, 2.24) is 14.4 Å². The summed E-state index contributed by atoms with van der Waals surface area (Å²) in [6.07, 6.45) is -4.12. The van der Waals surface area contributed by atoms with E-state index in [1.807, 2.05) is 0 Å². The Balaban J connectivity index is 0.000000285. The SMILES string of the molecule is CCOC(=O)CC(=O)C(F)F.Nc1ncc(Br)cc1F.O=c1cc(C(F)F)nc2c(F)cc(Br)cn12. The summed E-state index contributed by atoms with van der Waals surface area (Å²) in [6.45, 7) is 1.63. The summed E-state index contributed by atoms with van der Waals surface area (Å²) in [5.41, 5.74) is 3.19. The lowest BCUT2D eigenvalue weighted by Crippen LogP contribution is -2.16. The minimum absolute atomic E-state index is 0.0711. The van der Waals surface area contributed by atoms with Gasteiger partial charge in [-0.25, -0.2) is 36.3 Å². The van der Waals surface area contributed by atoms with Gasteiger partial charge in [-0.15, -0.1) is 0 Å². The van der Waals surface area contributed by atoms with E-state index < -0.39 is 59.6 Å². The Morgan fingerprint density at radius 2 is 1.69 bits per heavy atom. The van der Waals surface area contributed by atoms with Crippen LogP contribution in [0.5, 0.6) is 0 Å². The van der Waals surface area contributed by atoms with Crippen molar-refractivity contribution in [2.24, 2.45) is 0 Å². The van der Waals surface area contributed by atoms with E-state index in [0.717, 1.165) is 10.5 Å². The highest BCUT2D eigenvalue weighted by Crippen LogP contribution is 2.18. The number of nitrogen functional groups attached to an aromatic ring is 1. The third kappa shape index (κ3) is 9.93. The zero-order chi connectivity index (χ0) is 27.6. The lowest BCUT2D eigenvalue weighted by atomic mass is 10.3. The van der Waals surface area contributed by atoms with Crippen molar-refractivity contribution in [2.75, 3.05) is 12.3 Å². The normalized spacial score (nSPS) is 10.4. The lowest BCUT2D eigenvalue weighted by Gasteiger charge is -2.04. The van der Waals surface area contributed by atoms with Gasteiger partial charge in [0.1, 0.15) is 12.1 Å². The van der Waals surface area contributed by atoms with Crippen LogP contribution in [0, 0.1) is 11.6 Å². The number of ether oxygens (including phenoxy) is 1. The molecule has 3 aromatic heterocycles. The molecule has 0 aliphatic rings. The molecule has 3 aromatic rings. The molecular weight excluding hydrogens is 634 g/mol. The molecule has 0 unspecified atom stereocenters. The maximum atomic E-state index is 13.4. The van der Waals surface area contributed by atoms with Crippen LogP contribution in [-0.2, 0) is 14.3 Å². The summed E-state index contributed by atoms with van der Waals surface area (Å²) in [5.74, 6) is -3.71. The molecule has 16 heteroatoms. The monoisotopic (exact) mass is 648 g/mol. The van der Waals surface area contributed by atoms with Crippen molar-refractivity contribution in [1.29, 1.82) is 0 Å². The molecule has 36 heavy (non-hydrogen) atoms. The van der Waals surface area contributed by atoms with E-state index >= 15 is 0 Å². The van der Waals surface area contributed by atoms with Crippen LogP contribution in [0.2, 0.25) is 0 Å². The Kier molecular flexibility index (Phi) is 12.5. The van der Waals surface area contributed by atoms with Crippen LogP contribution >= 0.6 is 31.9 Å². The van der Waals surface area contributed by atoms with E-state index in [9.17, 15) is 40.7 Å². The van der Waals surface area contributed by atoms with Crippen LogP contribution in [-0.4, -0.2) is 39.2 Å². The van der Waals surface area contributed by atoms with Crippen molar-refractivity contribution >= 4 is 55.1 Å². The summed E-state index contributed by atoms with van der Waals surface area (Å²) in [7, 11) is 0. The molecular formula is C20H16Br2F6N4O4. The van der Waals surface area contributed by atoms with Gasteiger partial charge in [0.05, 0.1) is 6.61 Å². The van der Waals surface area contributed by atoms with Gasteiger partial charge in [-0.3, -0.25) is 18.8 Å². The number of alkyl halides is 4. The van der Waals surface area contributed by atoms with Crippen molar-refractivity contribution in [3.63, 3.8) is 0 Å². The van der Waals surface area contributed by atoms with Crippen LogP contribution in [0.1, 0.15) is 25.5 Å². The predicted molar refractivity (Wildman–Crippen MR) is 123 cm³/mol. The number of hydrogen-bond acceptors (Lipinski definition) is 7. The number of anilines is 1. The lowest BCUT2D eigenvalue weighted by molar-refractivity contribution is -0.148. The zero-order valence-corrected chi connectivity index (χ0v) is 21.2. The van der Waals surface area contributed by atoms with Crippen LogP contribution < -0.4 is 11.3 Å². The van der Waals surface area contributed by atoms with Gasteiger partial charge in [0.2, 0.25) is 5.78 Å². The number of rotatable bonds is 5. The number of Topliss-reactive ketones (excluding diaryl/α,β-unsaturated/α-hetero) is 1. The zero-order valence-electron chi connectivity index (χ0n) is 18.0. The van der Waals surface area contributed by atoms with E-state index in [-0.39, 0.29) is 12.4 Å². The fourth-order valence-corrected chi connectivity index (χ4v) is 2.83. The molecule has 0 fully saturated rings. The van der Waals surface area contributed by atoms with Crippen LogP contribution in [0.4, 0.5) is 32.2 Å². The molecule has 0 aromatic carbocycles. The van der Waals surface area contributed by atoms with Gasteiger partial charge in [0.15, 0.2) is 23.1 Å². The molecule has 0 spiro atoms. The number of carbonyl (C=O) groups excluding carboxylic acids is 2. The highest BCUT2D eigenvalue weighted by molar-refractivity contribution is 9.10. The highest BCUT2D eigenvalue weighted by Gasteiger charge is 2.19. The van der Waals surface area contributed by atoms with Crippen molar-refractivity contribution in [3.8, 4) is 0 Å². The standard InChI is InChI=1S/C9H4BrF3N2O.C6H8F2O3.C5H4BrFN2/c10-4-1-5(11)9-14-6(8(12)13)2-7(16)15(9)3-4;1-2-11-5(10)3-4(9)6(7)8;6-3-1-4(7)5(8)9-2-3/h1-3,8H;6H,2-3H2,1H3;1-2H,(H2,8,9). The summed E-state index contributed by atoms with van der Waals surface area (Å²) < 4.78 is 79.4. The number of hydrogen-bond donors (Lipinski definition) is 1. The molecule has 0 radical (unpaired) electrons. The Labute approximate surface area is 215 Å². The number of carbonyl (C=O) groups is 2. The van der Waals surface area contributed by atoms with Gasteiger partial charge < -0.3 is 10.5 Å². The average molecular weight is 650 g/mol. The summed E-state index contributed by atoms with van der Waals surface area (Å²) in [5, 5.41) is 0. The van der Waals surface area contributed by atoms with Crippen LogP contribution in [0.15, 0.2) is 44.3 Å². The Morgan fingerprint density at radius 1 is 1.08 bits per heavy atom. The van der Waals surface area contributed by atoms with E-state index in [4.69, 9.17) is 5.73 Å². The molecule has 3 heterocycles. The second kappa shape index (κ2) is 14.5. The third-order valence-corrected chi connectivity index (χ3v) is 4.50. The molecule has 2 N–H and O–H groups in total. The minimum Gasteiger partial charge on any atom is -0.466 e. The molecule has 0 aliphatic heterocycles. The van der Waals surface area contributed by atoms with Gasteiger partial charge in [0.25, 0.3) is 18.4 Å². The first-order valence-electron chi connectivity index (χ1n) is 9.46. The Morgan fingerprint density at radius 3 is 2.19 bits per heavy atom. The summed E-state index contributed by atoms with van der Waals surface area (Å²) >= 11 is 6.03. The predicted octanol–water partition coefficient (Wildman–Crippen LogP) is 4.87. The van der Waals surface area contributed by atoms with Gasteiger partial charge in [0, 0.05) is 27.4 Å². The number of pyridine rings is 2. The highest BCUT2D eigenvalue weighted by atomic mass is 79.9. The third-order valence-electron chi connectivity index (χ3n) is 3.63. The molecule has 0 atom stereocenters. The second-order valence-corrected chi connectivity index (χ2v) is 8.12.